The predicted molar refractivity (Wildman–Crippen MR) is 126 cm³/mol. The fourth-order valence-electron chi connectivity index (χ4n) is 3.51. The Labute approximate surface area is 191 Å². The molecule has 0 bridgehead atoms. The molecule has 1 heterocycles. The number of ether oxygens (including phenoxy) is 2. The lowest BCUT2D eigenvalue weighted by Gasteiger charge is -2.21. The number of halogens is 1. The number of hydrogen-bond acceptors (Lipinski definition) is 4. The zero-order chi connectivity index (χ0) is 22.7. The van der Waals surface area contributed by atoms with Gasteiger partial charge in [0, 0.05) is 16.3 Å². The van der Waals surface area contributed by atoms with Crippen LogP contribution in [0.4, 0.5) is 5.69 Å². The molecule has 0 N–H and O–H groups in total. The van der Waals surface area contributed by atoms with E-state index in [1.807, 2.05) is 36.4 Å². The van der Waals surface area contributed by atoms with Crippen LogP contribution in [0.1, 0.15) is 16.7 Å². The molecule has 0 unspecified atom stereocenters. The molecule has 0 atom stereocenters. The van der Waals surface area contributed by atoms with Gasteiger partial charge in [0.25, 0.3) is 5.91 Å². The summed E-state index contributed by atoms with van der Waals surface area (Å²) < 4.78 is 10.7. The number of amides is 1. The highest BCUT2D eigenvalue weighted by molar-refractivity contribution is 6.30. The number of nitriles is 1. The molecule has 158 valence electrons. The number of benzene rings is 3. The van der Waals surface area contributed by atoms with Crippen LogP contribution in [0.3, 0.4) is 0 Å². The molecule has 0 aliphatic carbocycles. The summed E-state index contributed by atoms with van der Waals surface area (Å²) >= 11 is 6.06. The summed E-state index contributed by atoms with van der Waals surface area (Å²) in [4.78, 5) is 15.1. The van der Waals surface area contributed by atoms with Gasteiger partial charge in [-0.15, -0.1) is 0 Å². The van der Waals surface area contributed by atoms with Gasteiger partial charge in [-0.05, 0) is 71.8 Å². The molecule has 0 spiro atoms. The quantitative estimate of drug-likeness (QED) is 0.475. The van der Waals surface area contributed by atoms with Gasteiger partial charge < -0.3 is 9.47 Å². The van der Waals surface area contributed by atoms with E-state index in [2.05, 4.69) is 6.07 Å². The van der Waals surface area contributed by atoms with Crippen molar-refractivity contribution in [2.24, 2.45) is 0 Å². The van der Waals surface area contributed by atoms with Gasteiger partial charge in [-0.2, -0.15) is 5.26 Å². The Morgan fingerprint density at radius 1 is 0.938 bits per heavy atom. The third-order valence-corrected chi connectivity index (χ3v) is 5.36. The number of rotatable bonds is 5. The Morgan fingerprint density at radius 3 is 2.25 bits per heavy atom. The average molecular weight is 443 g/mol. The van der Waals surface area contributed by atoms with E-state index in [-0.39, 0.29) is 5.91 Å². The highest BCUT2D eigenvalue weighted by atomic mass is 35.5. The van der Waals surface area contributed by atoms with Crippen molar-refractivity contribution in [2.45, 2.75) is 0 Å². The van der Waals surface area contributed by atoms with E-state index in [4.69, 9.17) is 26.3 Å². The van der Waals surface area contributed by atoms with Crippen LogP contribution >= 0.6 is 11.6 Å². The van der Waals surface area contributed by atoms with E-state index >= 15 is 0 Å². The van der Waals surface area contributed by atoms with Crippen molar-refractivity contribution in [3.8, 4) is 17.6 Å². The van der Waals surface area contributed by atoms with E-state index in [1.54, 1.807) is 61.6 Å². The largest absolute Gasteiger partial charge is 0.493 e. The van der Waals surface area contributed by atoms with E-state index < -0.39 is 0 Å². The van der Waals surface area contributed by atoms with Crippen LogP contribution in [0, 0.1) is 11.3 Å². The SMILES string of the molecule is COc1ccc(/C=C2\C=C(c3ccc(Cl)cc3)N(c3ccc(C#N)cc3)C2=O)cc1OC. The van der Waals surface area contributed by atoms with Gasteiger partial charge in [0.1, 0.15) is 0 Å². The van der Waals surface area contributed by atoms with Crippen molar-refractivity contribution in [3.63, 3.8) is 0 Å². The lowest BCUT2D eigenvalue weighted by molar-refractivity contribution is -0.113. The summed E-state index contributed by atoms with van der Waals surface area (Å²) in [6, 6.07) is 21.8. The van der Waals surface area contributed by atoms with Crippen LogP contribution < -0.4 is 14.4 Å². The van der Waals surface area contributed by atoms with Gasteiger partial charge in [0.2, 0.25) is 0 Å². The first-order valence-electron chi connectivity index (χ1n) is 9.80. The van der Waals surface area contributed by atoms with Gasteiger partial charge in [-0.25, -0.2) is 0 Å². The molecule has 0 radical (unpaired) electrons. The first kappa shape index (κ1) is 21.2. The highest BCUT2D eigenvalue weighted by Crippen LogP contribution is 2.36. The number of methoxy groups -OCH3 is 2. The Bertz CT molecular complexity index is 1270. The molecular weight excluding hydrogens is 424 g/mol. The van der Waals surface area contributed by atoms with Crippen molar-refractivity contribution >= 4 is 35.0 Å². The molecule has 3 aromatic carbocycles. The lowest BCUT2D eigenvalue weighted by Crippen LogP contribution is -2.24. The smallest absolute Gasteiger partial charge is 0.262 e. The maximum absolute atomic E-state index is 13.5. The Morgan fingerprint density at radius 2 is 1.62 bits per heavy atom. The van der Waals surface area contributed by atoms with Crippen LogP contribution in [0.2, 0.25) is 5.02 Å². The summed E-state index contributed by atoms with van der Waals surface area (Å²) in [6.45, 7) is 0. The van der Waals surface area contributed by atoms with Gasteiger partial charge in [0.05, 0.1) is 31.5 Å². The molecule has 0 saturated heterocycles. The Kier molecular flexibility index (Phi) is 5.98. The first-order chi connectivity index (χ1) is 15.5. The van der Waals surface area contributed by atoms with Crippen molar-refractivity contribution in [2.75, 3.05) is 19.1 Å². The molecule has 32 heavy (non-hydrogen) atoms. The molecule has 4 rings (SSSR count). The zero-order valence-corrected chi connectivity index (χ0v) is 18.3. The number of carbonyl (C=O) groups excluding carboxylic acids is 1. The van der Waals surface area contributed by atoms with Crippen LogP contribution in [0.25, 0.3) is 11.8 Å². The van der Waals surface area contributed by atoms with Gasteiger partial charge in [-0.3, -0.25) is 9.69 Å². The van der Waals surface area contributed by atoms with Crippen molar-refractivity contribution in [1.82, 2.24) is 0 Å². The minimum atomic E-state index is -0.172. The number of carbonyl (C=O) groups is 1. The van der Waals surface area contributed by atoms with Crippen molar-refractivity contribution in [3.05, 3.63) is 100 Å². The van der Waals surface area contributed by atoms with Crippen LogP contribution in [-0.4, -0.2) is 20.1 Å². The predicted octanol–water partition coefficient (Wildman–Crippen LogP) is 5.70. The second-order valence-corrected chi connectivity index (χ2v) is 7.49. The topological polar surface area (TPSA) is 62.6 Å². The zero-order valence-electron chi connectivity index (χ0n) is 17.5. The summed E-state index contributed by atoms with van der Waals surface area (Å²) in [5.74, 6) is 1.02. The molecule has 3 aromatic rings. The summed E-state index contributed by atoms with van der Waals surface area (Å²) in [5, 5.41) is 9.72. The molecule has 0 fully saturated rings. The van der Waals surface area contributed by atoms with E-state index in [1.165, 1.54) is 0 Å². The molecule has 1 aliphatic rings. The second kappa shape index (κ2) is 9.01. The molecular formula is C26H19ClN2O3. The molecule has 1 amide bonds. The fraction of sp³-hybridized carbons (Fsp3) is 0.0769. The van der Waals surface area contributed by atoms with Crippen molar-refractivity contribution < 1.29 is 14.3 Å². The molecule has 6 heteroatoms. The lowest BCUT2D eigenvalue weighted by atomic mass is 10.1. The van der Waals surface area contributed by atoms with E-state index in [0.717, 1.165) is 16.8 Å². The Hall–Kier alpha value is -4.01. The van der Waals surface area contributed by atoms with E-state index in [0.29, 0.717) is 33.3 Å². The fourth-order valence-corrected chi connectivity index (χ4v) is 3.64. The molecule has 1 aliphatic heterocycles. The number of anilines is 1. The molecule has 0 saturated carbocycles. The van der Waals surface area contributed by atoms with Crippen molar-refractivity contribution in [1.29, 1.82) is 5.26 Å². The summed E-state index contributed by atoms with van der Waals surface area (Å²) in [5.41, 5.74) is 4.10. The first-order valence-corrected chi connectivity index (χ1v) is 10.2. The molecule has 5 nitrogen and oxygen atoms in total. The highest BCUT2D eigenvalue weighted by Gasteiger charge is 2.30. The number of nitrogens with zero attached hydrogens (tertiary/aromatic N) is 2. The third kappa shape index (κ3) is 4.09. The van der Waals surface area contributed by atoms with Crippen LogP contribution in [0.15, 0.2) is 78.4 Å². The van der Waals surface area contributed by atoms with Gasteiger partial charge >= 0.3 is 0 Å². The normalized spacial score (nSPS) is 14.3. The minimum absolute atomic E-state index is 0.172. The van der Waals surface area contributed by atoms with Gasteiger partial charge in [-0.1, -0.05) is 29.8 Å². The second-order valence-electron chi connectivity index (χ2n) is 7.05. The minimum Gasteiger partial charge on any atom is -0.493 e. The summed E-state index contributed by atoms with van der Waals surface area (Å²) in [6.07, 6.45) is 3.66. The number of hydrogen-bond donors (Lipinski definition) is 0. The molecule has 0 aromatic heterocycles. The summed E-state index contributed by atoms with van der Waals surface area (Å²) in [7, 11) is 3.15. The maximum atomic E-state index is 13.5. The van der Waals surface area contributed by atoms with Crippen LogP contribution in [-0.2, 0) is 4.79 Å². The van der Waals surface area contributed by atoms with Crippen LogP contribution in [0.5, 0.6) is 11.5 Å². The average Bonchev–Trinajstić information content (AvgIpc) is 3.15. The van der Waals surface area contributed by atoms with E-state index in [9.17, 15) is 4.79 Å². The van der Waals surface area contributed by atoms with Gasteiger partial charge in [0.15, 0.2) is 11.5 Å². The third-order valence-electron chi connectivity index (χ3n) is 5.11. The monoisotopic (exact) mass is 442 g/mol. The standard InChI is InChI=1S/C26H19ClN2O3/c1-31-24-12-5-18(14-25(24)32-2)13-20-15-23(19-6-8-21(27)9-7-19)29(26(20)30)22-10-3-17(16-28)4-11-22/h3-15H,1-2H3/b20-13+. The Balaban J connectivity index is 1.80. The maximum Gasteiger partial charge on any atom is 0.262 e.